The Morgan fingerprint density at radius 1 is 1.39 bits per heavy atom. The van der Waals surface area contributed by atoms with Gasteiger partial charge in [-0.15, -0.1) is 0 Å². The molecule has 1 aromatic carbocycles. The molecule has 1 aromatic rings. The minimum absolute atomic E-state index is 0.00162. The summed E-state index contributed by atoms with van der Waals surface area (Å²) in [5.74, 6) is 0.00162. The Kier molecular flexibility index (Phi) is 2.84. The fourth-order valence-corrected chi connectivity index (χ4v) is 2.10. The lowest BCUT2D eigenvalue weighted by Gasteiger charge is -2.26. The van der Waals surface area contributed by atoms with Gasteiger partial charge in [0, 0.05) is 24.1 Å². The number of anilines is 1. The van der Waals surface area contributed by atoms with E-state index in [1.54, 1.807) is 11.0 Å². The molecule has 5 nitrogen and oxygen atoms in total. The van der Waals surface area contributed by atoms with Crippen LogP contribution in [0.4, 0.5) is 11.4 Å². The van der Waals surface area contributed by atoms with E-state index in [4.69, 9.17) is 0 Å². The van der Waals surface area contributed by atoms with Crippen molar-refractivity contribution in [1.82, 2.24) is 0 Å². The quantitative estimate of drug-likeness (QED) is 0.566. The van der Waals surface area contributed by atoms with Crippen molar-refractivity contribution in [3.05, 3.63) is 33.9 Å². The standard InChI is InChI=1S/C13H16N2O3/c1-13(2,3)12(16)14-7-6-9-4-5-10(15(17)18)8-11(9)14/h4-5,8H,6-7H2,1-3H3. The van der Waals surface area contributed by atoms with Gasteiger partial charge in [0.1, 0.15) is 0 Å². The molecule has 0 bridgehead atoms. The summed E-state index contributed by atoms with van der Waals surface area (Å²) in [5.41, 5.74) is 1.23. The van der Waals surface area contributed by atoms with Crippen molar-refractivity contribution in [3.8, 4) is 0 Å². The maximum Gasteiger partial charge on any atom is 0.271 e. The van der Waals surface area contributed by atoms with E-state index in [1.165, 1.54) is 12.1 Å². The van der Waals surface area contributed by atoms with Gasteiger partial charge in [-0.2, -0.15) is 0 Å². The second-order valence-electron chi connectivity index (χ2n) is 5.53. The smallest absolute Gasteiger partial charge is 0.271 e. The van der Waals surface area contributed by atoms with Gasteiger partial charge < -0.3 is 4.90 Å². The van der Waals surface area contributed by atoms with Crippen molar-refractivity contribution in [2.75, 3.05) is 11.4 Å². The van der Waals surface area contributed by atoms with Crippen molar-refractivity contribution in [2.45, 2.75) is 27.2 Å². The molecule has 0 N–H and O–H groups in total. The first kappa shape index (κ1) is 12.5. The number of nitro benzene ring substituents is 1. The molecule has 18 heavy (non-hydrogen) atoms. The van der Waals surface area contributed by atoms with Gasteiger partial charge in [-0.1, -0.05) is 26.8 Å². The molecule has 2 rings (SSSR count). The molecule has 1 amide bonds. The summed E-state index contributed by atoms with van der Waals surface area (Å²) in [7, 11) is 0. The molecule has 1 heterocycles. The van der Waals surface area contributed by atoms with Gasteiger partial charge in [-0.25, -0.2) is 0 Å². The number of hydrogen-bond donors (Lipinski definition) is 0. The summed E-state index contributed by atoms with van der Waals surface area (Å²) < 4.78 is 0. The van der Waals surface area contributed by atoms with Crippen LogP contribution in [0.25, 0.3) is 0 Å². The Bertz CT molecular complexity index is 517. The number of non-ortho nitro benzene ring substituents is 1. The third-order valence-corrected chi connectivity index (χ3v) is 3.06. The maximum absolute atomic E-state index is 12.3. The normalized spacial score (nSPS) is 14.5. The molecular weight excluding hydrogens is 232 g/mol. The largest absolute Gasteiger partial charge is 0.311 e. The third-order valence-electron chi connectivity index (χ3n) is 3.06. The molecule has 0 fully saturated rings. The van der Waals surface area contributed by atoms with Crippen molar-refractivity contribution in [2.24, 2.45) is 5.41 Å². The number of carbonyl (C=O) groups excluding carboxylic acids is 1. The molecule has 0 radical (unpaired) electrons. The van der Waals surface area contributed by atoms with Gasteiger partial charge in [0.25, 0.3) is 5.69 Å². The summed E-state index contributed by atoms with van der Waals surface area (Å²) in [4.78, 5) is 24.3. The highest BCUT2D eigenvalue weighted by Gasteiger charge is 2.33. The number of hydrogen-bond acceptors (Lipinski definition) is 3. The average molecular weight is 248 g/mol. The zero-order chi connectivity index (χ0) is 13.5. The third kappa shape index (κ3) is 2.08. The maximum atomic E-state index is 12.3. The van der Waals surface area contributed by atoms with Gasteiger partial charge in [0.05, 0.1) is 10.6 Å². The number of amides is 1. The van der Waals surface area contributed by atoms with E-state index in [9.17, 15) is 14.9 Å². The number of carbonyl (C=O) groups is 1. The van der Waals surface area contributed by atoms with Crippen molar-refractivity contribution >= 4 is 17.3 Å². The average Bonchev–Trinajstić information content (AvgIpc) is 2.68. The molecule has 1 aliphatic rings. The van der Waals surface area contributed by atoms with Crippen molar-refractivity contribution in [3.63, 3.8) is 0 Å². The van der Waals surface area contributed by atoms with Crippen LogP contribution in [-0.4, -0.2) is 17.4 Å². The molecule has 0 spiro atoms. The highest BCUT2D eigenvalue weighted by Crippen LogP contribution is 2.34. The zero-order valence-electron chi connectivity index (χ0n) is 10.8. The van der Waals surface area contributed by atoms with E-state index >= 15 is 0 Å². The van der Waals surface area contributed by atoms with Crippen LogP contribution < -0.4 is 4.90 Å². The van der Waals surface area contributed by atoms with E-state index in [2.05, 4.69) is 0 Å². The summed E-state index contributed by atoms with van der Waals surface area (Å²) in [5, 5.41) is 10.8. The second-order valence-corrected chi connectivity index (χ2v) is 5.53. The number of rotatable bonds is 1. The lowest BCUT2D eigenvalue weighted by atomic mass is 9.94. The molecule has 0 unspecified atom stereocenters. The minimum Gasteiger partial charge on any atom is -0.311 e. The minimum atomic E-state index is -0.480. The van der Waals surface area contributed by atoms with Crippen LogP contribution in [0.15, 0.2) is 18.2 Å². The number of benzene rings is 1. The van der Waals surface area contributed by atoms with Crippen LogP contribution in [0, 0.1) is 15.5 Å². The molecule has 96 valence electrons. The second kappa shape index (κ2) is 4.08. The Balaban J connectivity index is 2.40. The van der Waals surface area contributed by atoms with Gasteiger partial charge >= 0.3 is 0 Å². The van der Waals surface area contributed by atoms with E-state index in [0.717, 1.165) is 12.0 Å². The van der Waals surface area contributed by atoms with Gasteiger partial charge in [0.2, 0.25) is 5.91 Å². The first-order valence-electron chi connectivity index (χ1n) is 5.90. The molecule has 5 heteroatoms. The molecule has 0 saturated heterocycles. The van der Waals surface area contributed by atoms with Crippen molar-refractivity contribution < 1.29 is 9.72 Å². The molecular formula is C13H16N2O3. The van der Waals surface area contributed by atoms with Gasteiger partial charge in [-0.3, -0.25) is 14.9 Å². The number of nitrogens with zero attached hydrogens (tertiary/aromatic N) is 2. The predicted octanol–water partition coefficient (Wildman–Crippen LogP) is 2.53. The van der Waals surface area contributed by atoms with Crippen LogP contribution in [0.3, 0.4) is 0 Å². The van der Waals surface area contributed by atoms with Crippen molar-refractivity contribution in [1.29, 1.82) is 0 Å². The fourth-order valence-electron chi connectivity index (χ4n) is 2.10. The molecule has 0 saturated carbocycles. The molecule has 0 atom stereocenters. The van der Waals surface area contributed by atoms with Crippen LogP contribution in [0.1, 0.15) is 26.3 Å². The van der Waals surface area contributed by atoms with E-state index in [1.807, 2.05) is 20.8 Å². The number of nitro groups is 1. The molecule has 0 aromatic heterocycles. The zero-order valence-corrected chi connectivity index (χ0v) is 10.8. The van der Waals surface area contributed by atoms with E-state index in [0.29, 0.717) is 12.2 Å². The summed E-state index contributed by atoms with van der Waals surface area (Å²) in [6, 6.07) is 4.72. The topological polar surface area (TPSA) is 63.5 Å². The lowest BCUT2D eigenvalue weighted by molar-refractivity contribution is -0.384. The van der Waals surface area contributed by atoms with Crippen LogP contribution in [0.2, 0.25) is 0 Å². The van der Waals surface area contributed by atoms with E-state index in [-0.39, 0.29) is 11.6 Å². The molecule has 1 aliphatic heterocycles. The predicted molar refractivity (Wildman–Crippen MR) is 68.6 cm³/mol. The lowest BCUT2D eigenvalue weighted by Crippen LogP contribution is -2.38. The summed E-state index contributed by atoms with van der Waals surface area (Å²) in [6.45, 7) is 6.16. The van der Waals surface area contributed by atoms with E-state index < -0.39 is 10.3 Å². The van der Waals surface area contributed by atoms with Crippen LogP contribution >= 0.6 is 0 Å². The van der Waals surface area contributed by atoms with Gasteiger partial charge in [0.15, 0.2) is 0 Å². The summed E-state index contributed by atoms with van der Waals surface area (Å²) in [6.07, 6.45) is 0.759. The highest BCUT2D eigenvalue weighted by molar-refractivity contribution is 5.99. The monoisotopic (exact) mass is 248 g/mol. The Labute approximate surface area is 106 Å². The number of fused-ring (bicyclic) bond motifs is 1. The Hall–Kier alpha value is -1.91. The van der Waals surface area contributed by atoms with Crippen LogP contribution in [0.5, 0.6) is 0 Å². The van der Waals surface area contributed by atoms with Gasteiger partial charge in [-0.05, 0) is 12.0 Å². The Morgan fingerprint density at radius 2 is 2.06 bits per heavy atom. The SMILES string of the molecule is CC(C)(C)C(=O)N1CCc2ccc([N+](=O)[O-])cc21. The summed E-state index contributed by atoms with van der Waals surface area (Å²) >= 11 is 0. The fraction of sp³-hybridized carbons (Fsp3) is 0.462. The highest BCUT2D eigenvalue weighted by atomic mass is 16.6. The first-order valence-corrected chi connectivity index (χ1v) is 5.90. The first-order chi connectivity index (χ1) is 8.30. The Morgan fingerprint density at radius 3 is 2.61 bits per heavy atom. The molecule has 0 aliphatic carbocycles. The van der Waals surface area contributed by atoms with Crippen LogP contribution in [-0.2, 0) is 11.2 Å².